The van der Waals surface area contributed by atoms with Crippen molar-refractivity contribution in [2.24, 2.45) is 0 Å². The molecule has 0 bridgehead atoms. The van der Waals surface area contributed by atoms with Crippen LogP contribution < -0.4 is 0 Å². The Morgan fingerprint density at radius 3 is 1.41 bits per heavy atom. The number of hydrogen-bond donors (Lipinski definition) is 5. The molecular formula is C7H8O10. The number of aliphatic hydroxyl groups excluding tert-OH is 1. The van der Waals surface area contributed by atoms with Crippen LogP contribution in [0.15, 0.2) is 0 Å². The minimum Gasteiger partial charge on any atom is -0.479 e. The molecule has 0 aliphatic heterocycles. The maximum absolute atomic E-state index is 10.5. The van der Waals surface area contributed by atoms with Crippen molar-refractivity contribution in [3.63, 3.8) is 0 Å². The molecule has 17 heavy (non-hydrogen) atoms. The van der Waals surface area contributed by atoms with E-state index in [1.165, 1.54) is 0 Å². The van der Waals surface area contributed by atoms with Crippen molar-refractivity contribution in [1.29, 1.82) is 0 Å². The highest BCUT2D eigenvalue weighted by molar-refractivity contribution is 5.96. The first-order valence-corrected chi connectivity index (χ1v) is 3.93. The maximum atomic E-state index is 10.5. The first-order valence-electron chi connectivity index (χ1n) is 3.93. The van der Waals surface area contributed by atoms with Gasteiger partial charge in [-0.25, -0.2) is 19.2 Å². The summed E-state index contributed by atoms with van der Waals surface area (Å²) >= 11 is 0. The second-order valence-electron chi connectivity index (χ2n) is 2.73. The normalized spacial score (nSPS) is 14.0. The number of aliphatic hydroxyl groups is 1. The molecule has 0 saturated carbocycles. The van der Waals surface area contributed by atoms with Gasteiger partial charge in [0.05, 0.1) is 0 Å². The summed E-state index contributed by atoms with van der Waals surface area (Å²) in [6.45, 7) is 0. The largest absolute Gasteiger partial charge is 0.479 e. The lowest BCUT2D eigenvalue weighted by Gasteiger charge is -2.18. The smallest absolute Gasteiger partial charge is 0.344 e. The lowest BCUT2D eigenvalue weighted by molar-refractivity contribution is -0.188. The van der Waals surface area contributed by atoms with Crippen LogP contribution >= 0.6 is 0 Å². The van der Waals surface area contributed by atoms with Crippen molar-refractivity contribution >= 4 is 23.9 Å². The zero-order valence-corrected chi connectivity index (χ0v) is 8.01. The van der Waals surface area contributed by atoms with Gasteiger partial charge in [-0.3, -0.25) is 0 Å². The quantitative estimate of drug-likeness (QED) is 0.302. The van der Waals surface area contributed by atoms with E-state index >= 15 is 0 Å². The van der Waals surface area contributed by atoms with Gasteiger partial charge >= 0.3 is 23.9 Å². The van der Waals surface area contributed by atoms with E-state index in [1.807, 2.05) is 0 Å². The van der Waals surface area contributed by atoms with E-state index < -0.39 is 42.2 Å². The highest BCUT2D eigenvalue weighted by atomic mass is 16.6. The van der Waals surface area contributed by atoms with Gasteiger partial charge in [0, 0.05) is 0 Å². The summed E-state index contributed by atoms with van der Waals surface area (Å²) < 4.78 is 4.03. The van der Waals surface area contributed by atoms with Crippen molar-refractivity contribution in [2.75, 3.05) is 0 Å². The van der Waals surface area contributed by atoms with Gasteiger partial charge < -0.3 is 30.3 Å². The molecule has 0 radical (unpaired) electrons. The van der Waals surface area contributed by atoms with E-state index in [0.717, 1.165) is 0 Å². The van der Waals surface area contributed by atoms with Gasteiger partial charge in [0.15, 0.2) is 12.2 Å². The standard InChI is InChI=1S/C7H8O10/c8-1(4(9)10)2(5(11)12)17-3(6(13)14)7(15)16/h1-3,8H,(H,9,10)(H,11,12)(H,13,14)(H,15,16). The molecule has 10 nitrogen and oxygen atoms in total. The van der Waals surface area contributed by atoms with Gasteiger partial charge in [0.1, 0.15) is 0 Å². The molecule has 96 valence electrons. The fraction of sp³-hybridized carbons (Fsp3) is 0.429. The summed E-state index contributed by atoms with van der Waals surface area (Å²) in [6, 6.07) is 0. The van der Waals surface area contributed by atoms with Gasteiger partial charge in [0.2, 0.25) is 0 Å². The summed E-state index contributed by atoms with van der Waals surface area (Å²) in [4.78, 5) is 41.5. The van der Waals surface area contributed by atoms with Crippen LogP contribution in [0.3, 0.4) is 0 Å². The maximum Gasteiger partial charge on any atom is 0.344 e. The van der Waals surface area contributed by atoms with Crippen LogP contribution in [0.4, 0.5) is 0 Å². The molecule has 0 saturated heterocycles. The van der Waals surface area contributed by atoms with E-state index in [1.54, 1.807) is 0 Å². The van der Waals surface area contributed by atoms with Crippen molar-refractivity contribution in [3.8, 4) is 0 Å². The molecule has 2 unspecified atom stereocenters. The fourth-order valence-corrected chi connectivity index (χ4v) is 0.766. The Bertz CT molecular complexity index is 333. The Labute approximate surface area is 92.7 Å². The number of ether oxygens (including phenoxy) is 1. The third-order valence-electron chi connectivity index (χ3n) is 1.51. The van der Waals surface area contributed by atoms with Gasteiger partial charge in [-0.15, -0.1) is 0 Å². The molecule has 0 aromatic heterocycles. The Hall–Kier alpha value is -2.20. The average Bonchev–Trinajstić information content (AvgIpc) is 2.15. The average molecular weight is 252 g/mol. The Balaban J connectivity index is 4.98. The molecule has 0 spiro atoms. The molecule has 0 aliphatic carbocycles. The van der Waals surface area contributed by atoms with Crippen LogP contribution in [-0.2, 0) is 23.9 Å². The van der Waals surface area contributed by atoms with Gasteiger partial charge in [0.25, 0.3) is 6.10 Å². The highest BCUT2D eigenvalue weighted by Gasteiger charge is 2.39. The molecule has 0 heterocycles. The van der Waals surface area contributed by atoms with Crippen LogP contribution in [0.2, 0.25) is 0 Å². The first kappa shape index (κ1) is 14.8. The fourth-order valence-electron chi connectivity index (χ4n) is 0.766. The Morgan fingerprint density at radius 1 is 0.765 bits per heavy atom. The van der Waals surface area contributed by atoms with Crippen LogP contribution in [0.5, 0.6) is 0 Å². The molecule has 0 aliphatic rings. The van der Waals surface area contributed by atoms with E-state index in [0.29, 0.717) is 0 Å². The van der Waals surface area contributed by atoms with Crippen molar-refractivity contribution in [1.82, 2.24) is 0 Å². The second kappa shape index (κ2) is 5.77. The highest BCUT2D eigenvalue weighted by Crippen LogP contribution is 2.06. The minimum atomic E-state index is -2.59. The van der Waals surface area contributed by atoms with Crippen molar-refractivity contribution in [3.05, 3.63) is 0 Å². The molecule has 0 aromatic carbocycles. The number of rotatable bonds is 7. The number of aliphatic carboxylic acids is 4. The lowest BCUT2D eigenvalue weighted by atomic mass is 10.2. The molecule has 5 N–H and O–H groups in total. The first-order chi connectivity index (χ1) is 7.68. The zero-order valence-electron chi connectivity index (χ0n) is 8.01. The number of carbonyl (C=O) groups is 4. The third-order valence-corrected chi connectivity index (χ3v) is 1.51. The zero-order chi connectivity index (χ0) is 13.7. The lowest BCUT2D eigenvalue weighted by Crippen LogP contribution is -2.47. The van der Waals surface area contributed by atoms with Gasteiger partial charge in [-0.05, 0) is 0 Å². The van der Waals surface area contributed by atoms with E-state index in [2.05, 4.69) is 4.74 Å². The predicted octanol–water partition coefficient (Wildman–Crippen LogP) is -2.56. The summed E-state index contributed by atoms with van der Waals surface area (Å²) in [6.07, 6.45) is -7.69. The number of hydrogen-bond acceptors (Lipinski definition) is 6. The number of carboxylic acid groups (broad SMARTS) is 4. The molecule has 2 atom stereocenters. The van der Waals surface area contributed by atoms with E-state index in [-0.39, 0.29) is 0 Å². The molecule has 0 amide bonds. The number of carboxylic acids is 4. The van der Waals surface area contributed by atoms with Crippen LogP contribution in [0, 0.1) is 0 Å². The van der Waals surface area contributed by atoms with E-state index in [4.69, 9.17) is 25.5 Å². The summed E-state index contributed by atoms with van der Waals surface area (Å²) in [5.41, 5.74) is 0. The van der Waals surface area contributed by atoms with E-state index in [9.17, 15) is 19.2 Å². The molecule has 10 heteroatoms. The van der Waals surface area contributed by atoms with Crippen LogP contribution in [-0.4, -0.2) is 67.7 Å². The minimum absolute atomic E-state index is 1.99. The van der Waals surface area contributed by atoms with Gasteiger partial charge in [-0.2, -0.15) is 0 Å². The Kier molecular flexibility index (Phi) is 5.02. The van der Waals surface area contributed by atoms with Gasteiger partial charge in [-0.1, -0.05) is 0 Å². The summed E-state index contributed by atoms with van der Waals surface area (Å²) in [7, 11) is 0. The Morgan fingerprint density at radius 2 is 1.18 bits per heavy atom. The summed E-state index contributed by atoms with van der Waals surface area (Å²) in [5.74, 6) is -8.05. The second-order valence-corrected chi connectivity index (χ2v) is 2.73. The topological polar surface area (TPSA) is 179 Å². The molecule has 0 aromatic rings. The molecular weight excluding hydrogens is 244 g/mol. The van der Waals surface area contributed by atoms with Crippen molar-refractivity contribution in [2.45, 2.75) is 18.3 Å². The van der Waals surface area contributed by atoms with Crippen LogP contribution in [0.1, 0.15) is 0 Å². The molecule has 0 fully saturated rings. The predicted molar refractivity (Wildman–Crippen MR) is 45.2 cm³/mol. The summed E-state index contributed by atoms with van der Waals surface area (Å²) in [5, 5.41) is 42.4. The molecule has 0 rings (SSSR count). The van der Waals surface area contributed by atoms with Crippen molar-refractivity contribution < 1.29 is 49.4 Å². The third kappa shape index (κ3) is 4.04. The SMILES string of the molecule is O=C(O)C(OC(C(=O)O)C(O)C(=O)O)C(=O)O. The monoisotopic (exact) mass is 252 g/mol. The van der Waals surface area contributed by atoms with Crippen LogP contribution in [0.25, 0.3) is 0 Å².